The monoisotopic (exact) mass is 927 g/mol. The molecular weight excluding hydrogens is 851 g/mol. The number of phenolic OH excluding ortho intramolecular Hbond substituents is 1. The van der Waals surface area contributed by atoms with Crippen LogP contribution in [0.2, 0.25) is 0 Å². The van der Waals surface area contributed by atoms with Crippen LogP contribution in [0.5, 0.6) is 5.75 Å². The summed E-state index contributed by atoms with van der Waals surface area (Å²) in [6.07, 6.45) is 1.86. The van der Waals surface area contributed by atoms with E-state index in [1.165, 1.54) is 0 Å². The van der Waals surface area contributed by atoms with Crippen LogP contribution in [0, 0.1) is 0 Å². The number of aromatic nitrogens is 3. The van der Waals surface area contributed by atoms with Crippen molar-refractivity contribution < 1.29 is 9.22 Å². The molecule has 0 bridgehead atoms. The van der Waals surface area contributed by atoms with Gasteiger partial charge >= 0.3 is 0 Å². The number of para-hydroxylation sites is 1. The molecule has 1 unspecified atom stereocenters. The summed E-state index contributed by atoms with van der Waals surface area (Å²) in [5, 5.41) is 12.6. The summed E-state index contributed by atoms with van der Waals surface area (Å²) in [4.78, 5) is 10.9. The Balaban J connectivity index is 1.35. The molecule has 0 spiro atoms. The summed E-state index contributed by atoms with van der Waals surface area (Å²) in [7, 11) is 0. The Morgan fingerprint density at radius 2 is 1.23 bits per heavy atom. The lowest BCUT2D eigenvalue weighted by Gasteiger charge is -2.36. The lowest BCUT2D eigenvalue weighted by Crippen LogP contribution is -2.31. The Morgan fingerprint density at radius 3 is 1.87 bits per heavy atom. The van der Waals surface area contributed by atoms with Crippen molar-refractivity contribution in [2.75, 3.05) is 0 Å². The lowest BCUT2D eigenvalue weighted by molar-refractivity contribution is 0.331. The average Bonchev–Trinajstić information content (AvgIpc) is 3.72. The molecule has 0 saturated carbocycles. The number of imidazole rings is 1. The third-order valence-corrected chi connectivity index (χ3v) is 15.8. The first-order chi connectivity index (χ1) is 33.8. The number of hydrogen-bond acceptors (Lipinski definition) is 3. The van der Waals surface area contributed by atoms with Gasteiger partial charge in [-0.25, -0.2) is 4.98 Å². The van der Waals surface area contributed by atoms with Crippen LogP contribution in [0.4, 0.5) is 0 Å². The van der Waals surface area contributed by atoms with E-state index in [0.29, 0.717) is 5.82 Å². The molecule has 10 rings (SSSR count). The van der Waals surface area contributed by atoms with Crippen molar-refractivity contribution in [2.24, 2.45) is 0 Å². The molecule has 0 fully saturated rings. The molecule has 2 aliphatic rings. The SMILES string of the molecule is [2H]C(C)(C)c1cccc(C([2H])(C)C)c1-c1ccnc(-c2cc(-c3cc4c(c5c3nc3n5-c5ccccc5C(C)(C)c5cc(C(C)(C)C)cc(O)c5-3)C(C)(C)C([2H])(c3ccccc3)C4(C)C)cc(C(C)(C)C)c2)c1. The van der Waals surface area contributed by atoms with E-state index in [9.17, 15) is 9.22 Å². The van der Waals surface area contributed by atoms with Gasteiger partial charge in [-0.1, -0.05) is 190 Å². The Kier molecular flexibility index (Phi) is 10.1. The second-order valence-electron chi connectivity index (χ2n) is 24.3. The van der Waals surface area contributed by atoms with E-state index < -0.39 is 33.9 Å². The van der Waals surface area contributed by atoms with Crippen LogP contribution in [0.25, 0.3) is 61.6 Å². The summed E-state index contributed by atoms with van der Waals surface area (Å²) < 4.78 is 31.8. The maximum absolute atomic E-state index is 12.6. The topological polar surface area (TPSA) is 50.9 Å². The summed E-state index contributed by atoms with van der Waals surface area (Å²) in [5.41, 5.74) is 15.7. The van der Waals surface area contributed by atoms with Crippen molar-refractivity contribution in [3.05, 3.63) is 178 Å². The zero-order valence-corrected chi connectivity index (χ0v) is 44.4. The van der Waals surface area contributed by atoms with Gasteiger partial charge in [0.05, 0.1) is 28.0 Å². The molecule has 0 amide bonds. The predicted molar refractivity (Wildman–Crippen MR) is 295 cm³/mol. The Morgan fingerprint density at radius 1 is 0.614 bits per heavy atom. The van der Waals surface area contributed by atoms with E-state index in [1.807, 2.05) is 70.3 Å². The van der Waals surface area contributed by atoms with E-state index in [-0.39, 0.29) is 16.6 Å². The Hall–Kier alpha value is -6.26. The molecule has 4 nitrogen and oxygen atoms in total. The van der Waals surface area contributed by atoms with E-state index in [2.05, 4.69) is 173 Å². The minimum Gasteiger partial charge on any atom is -0.507 e. The third kappa shape index (κ3) is 7.29. The van der Waals surface area contributed by atoms with Crippen molar-refractivity contribution in [1.82, 2.24) is 14.5 Å². The van der Waals surface area contributed by atoms with Gasteiger partial charge in [0.1, 0.15) is 11.6 Å². The fourth-order valence-corrected chi connectivity index (χ4v) is 12.3. The van der Waals surface area contributed by atoms with E-state index in [1.54, 1.807) is 0 Å². The standard InChI is InChI=1S/C66H73N3O/c1-38(2)46-25-22-26-47(39(3)4)55(46)41-29-30-67-52(34-41)43-31-42(32-44(33-43)62(5,6)7)48-37-51-57(66(15,16)60(65(51,13)14)40-23-18-17-19-24-40)59-58(48)68-61-56-50(35-45(36-54(56)70)63(8,9)10)64(11,12)49-27-20-21-28-53(49)69(59)61/h17-39,60,70H,1-16H3/i38D,39D,60D. The second kappa shape index (κ2) is 16.1. The van der Waals surface area contributed by atoms with Crippen molar-refractivity contribution in [3.63, 3.8) is 0 Å². The minimum atomic E-state index is -1.11. The molecule has 3 heterocycles. The highest BCUT2D eigenvalue weighted by atomic mass is 16.3. The fourth-order valence-electron chi connectivity index (χ4n) is 12.3. The molecule has 1 N–H and O–H groups in total. The number of nitrogens with zero attached hydrogens (tertiary/aromatic N) is 3. The van der Waals surface area contributed by atoms with Gasteiger partial charge in [-0.3, -0.25) is 9.55 Å². The van der Waals surface area contributed by atoms with Crippen molar-refractivity contribution in [1.29, 1.82) is 0 Å². The highest BCUT2D eigenvalue weighted by Gasteiger charge is 2.54. The number of aromatic hydroxyl groups is 1. The average molecular weight is 927 g/mol. The van der Waals surface area contributed by atoms with Crippen LogP contribution in [0.3, 0.4) is 0 Å². The molecule has 1 aliphatic carbocycles. The molecular formula is C66H73N3O. The summed E-state index contributed by atoms with van der Waals surface area (Å²) in [6.45, 7) is 34.5. The fraction of sp³-hybridized carbons (Fsp3) is 0.364. The normalized spacial score (nSPS) is 18.8. The van der Waals surface area contributed by atoms with Gasteiger partial charge in [0, 0.05) is 32.7 Å². The summed E-state index contributed by atoms with van der Waals surface area (Å²) in [5.74, 6) is -2.06. The number of hydrogen-bond donors (Lipinski definition) is 1. The number of rotatable bonds is 6. The van der Waals surface area contributed by atoms with Gasteiger partial charge in [-0.2, -0.15) is 0 Å². The summed E-state index contributed by atoms with van der Waals surface area (Å²) in [6, 6.07) is 42.6. The van der Waals surface area contributed by atoms with E-state index in [0.717, 1.165) is 106 Å². The Labute approximate surface area is 422 Å². The minimum absolute atomic E-state index is 0.201. The van der Waals surface area contributed by atoms with Gasteiger partial charge in [0.15, 0.2) is 0 Å². The van der Waals surface area contributed by atoms with Gasteiger partial charge in [0.25, 0.3) is 0 Å². The molecule has 4 heteroatoms. The zero-order chi connectivity index (χ0) is 53.0. The van der Waals surface area contributed by atoms with E-state index in [4.69, 9.17) is 9.97 Å². The summed E-state index contributed by atoms with van der Waals surface area (Å²) >= 11 is 0. The molecule has 6 aromatic carbocycles. The smallest absolute Gasteiger partial charge is 0.149 e. The van der Waals surface area contributed by atoms with Gasteiger partial charge in [-0.05, 0) is 143 Å². The highest BCUT2D eigenvalue weighted by molar-refractivity contribution is 6.02. The first kappa shape index (κ1) is 43.7. The molecule has 0 saturated heterocycles. The van der Waals surface area contributed by atoms with Gasteiger partial charge in [0.2, 0.25) is 0 Å². The number of benzene rings is 6. The third-order valence-electron chi connectivity index (χ3n) is 15.8. The molecule has 8 aromatic rings. The molecule has 2 aromatic heterocycles. The quantitative estimate of drug-likeness (QED) is 0.181. The van der Waals surface area contributed by atoms with Crippen LogP contribution < -0.4 is 0 Å². The van der Waals surface area contributed by atoms with Gasteiger partial charge in [-0.15, -0.1) is 0 Å². The van der Waals surface area contributed by atoms with Crippen LogP contribution in [-0.4, -0.2) is 19.6 Å². The van der Waals surface area contributed by atoms with Crippen molar-refractivity contribution >= 4 is 11.0 Å². The van der Waals surface area contributed by atoms with Crippen LogP contribution >= 0.6 is 0 Å². The van der Waals surface area contributed by atoms with E-state index >= 15 is 0 Å². The van der Waals surface area contributed by atoms with Gasteiger partial charge < -0.3 is 5.11 Å². The molecule has 70 heavy (non-hydrogen) atoms. The van der Waals surface area contributed by atoms with Crippen LogP contribution in [0.1, 0.15) is 183 Å². The molecule has 358 valence electrons. The predicted octanol–water partition coefficient (Wildman–Crippen LogP) is 17.6. The maximum Gasteiger partial charge on any atom is 0.149 e. The maximum atomic E-state index is 12.6. The molecule has 0 radical (unpaired) electrons. The second-order valence-corrected chi connectivity index (χ2v) is 24.3. The van der Waals surface area contributed by atoms with Crippen LogP contribution in [0.15, 0.2) is 128 Å². The number of fused-ring (bicyclic) bond motifs is 9. The lowest BCUT2D eigenvalue weighted by atomic mass is 9.66. The largest absolute Gasteiger partial charge is 0.507 e. The zero-order valence-electron chi connectivity index (χ0n) is 47.4. The first-order valence-corrected chi connectivity index (χ1v) is 25.2. The molecule has 1 aliphatic heterocycles. The molecule has 1 atom stereocenters. The van der Waals surface area contributed by atoms with Crippen molar-refractivity contribution in [3.8, 4) is 56.3 Å². The number of phenols is 1. The van der Waals surface area contributed by atoms with Crippen LogP contribution in [-0.2, 0) is 27.1 Å². The van der Waals surface area contributed by atoms with Crippen molar-refractivity contribution in [2.45, 2.75) is 156 Å². The first-order valence-electron chi connectivity index (χ1n) is 26.7. The highest BCUT2D eigenvalue weighted by Crippen LogP contribution is 2.62. The Bertz CT molecular complexity index is 3520. The number of pyridine rings is 1.